The van der Waals surface area contributed by atoms with Crippen LogP contribution in [0, 0.1) is 5.82 Å². The maximum Gasteiger partial charge on any atom is 0.272 e. The second-order valence-electron chi connectivity index (χ2n) is 5.04. The first kappa shape index (κ1) is 16.8. The number of carbonyl (C=O) groups excluding carboxylic acids is 2. The van der Waals surface area contributed by atoms with Crippen molar-refractivity contribution in [1.82, 2.24) is 20.6 Å². The van der Waals surface area contributed by atoms with E-state index in [4.69, 9.17) is 0 Å². The molecule has 2 aromatic carbocycles. The lowest BCUT2D eigenvalue weighted by molar-refractivity contribution is 0.0844. The predicted octanol–water partition coefficient (Wildman–Crippen LogP) is 2.85. The van der Waals surface area contributed by atoms with Crippen molar-refractivity contribution >= 4 is 27.7 Å². The molecule has 2 amide bonds. The number of hydrogen-bond donors (Lipinski definition) is 2. The normalized spacial score (nSPS) is 10.3. The van der Waals surface area contributed by atoms with E-state index in [0.29, 0.717) is 5.56 Å². The van der Waals surface area contributed by atoms with E-state index in [1.165, 1.54) is 24.3 Å². The van der Waals surface area contributed by atoms with Crippen LogP contribution < -0.4 is 10.9 Å². The molecule has 0 fully saturated rings. The van der Waals surface area contributed by atoms with Crippen LogP contribution in [0.15, 0.2) is 65.4 Å². The molecule has 2 N–H and O–H groups in total. The molecule has 1 aromatic heterocycles. The summed E-state index contributed by atoms with van der Waals surface area (Å²) in [5, 5.41) is 4.14. The summed E-state index contributed by atoms with van der Waals surface area (Å²) >= 11 is 3.31. The fraction of sp³-hybridized carbons (Fsp3) is 0. The Balaban J connectivity index is 1.63. The molecule has 0 saturated carbocycles. The number of aromatic nitrogens is 2. The van der Waals surface area contributed by atoms with Gasteiger partial charge in [-0.2, -0.15) is 5.10 Å². The highest BCUT2D eigenvalue weighted by Crippen LogP contribution is 2.13. The van der Waals surface area contributed by atoms with Crippen molar-refractivity contribution in [3.05, 3.63) is 82.3 Å². The largest absolute Gasteiger partial charge is 0.272 e. The molecule has 3 rings (SSSR count). The maximum absolute atomic E-state index is 13.5. The Bertz CT molecular complexity index is 924. The molecule has 0 aliphatic rings. The first-order chi connectivity index (χ1) is 12.0. The Hall–Kier alpha value is -3.00. The van der Waals surface area contributed by atoms with Gasteiger partial charge < -0.3 is 0 Å². The minimum Gasteiger partial charge on any atom is -0.267 e. The average Bonchev–Trinajstić information content (AvgIpc) is 3.06. The van der Waals surface area contributed by atoms with E-state index in [1.54, 1.807) is 41.3 Å². The molecule has 126 valence electrons. The number of hydrogen-bond acceptors (Lipinski definition) is 3. The number of halogens is 2. The molecule has 0 radical (unpaired) electrons. The lowest BCUT2D eigenvalue weighted by Gasteiger charge is -2.08. The Morgan fingerprint density at radius 2 is 1.68 bits per heavy atom. The number of amides is 2. The van der Waals surface area contributed by atoms with Gasteiger partial charge in [0.05, 0.1) is 21.9 Å². The summed E-state index contributed by atoms with van der Waals surface area (Å²) in [4.78, 5) is 23.9. The van der Waals surface area contributed by atoms with Crippen molar-refractivity contribution in [3.8, 4) is 5.69 Å². The third-order valence-electron chi connectivity index (χ3n) is 3.35. The molecular weight excluding hydrogens is 391 g/mol. The summed E-state index contributed by atoms with van der Waals surface area (Å²) < 4.78 is 16.0. The van der Waals surface area contributed by atoms with Gasteiger partial charge in [0.2, 0.25) is 0 Å². The van der Waals surface area contributed by atoms with Crippen LogP contribution in [0.3, 0.4) is 0 Å². The lowest BCUT2D eigenvalue weighted by atomic mass is 10.2. The number of hydrazine groups is 1. The van der Waals surface area contributed by atoms with Crippen molar-refractivity contribution in [1.29, 1.82) is 0 Å². The highest BCUT2D eigenvalue weighted by molar-refractivity contribution is 9.10. The summed E-state index contributed by atoms with van der Waals surface area (Å²) in [6.07, 6.45) is 3.43. The van der Waals surface area contributed by atoms with Gasteiger partial charge in [0.25, 0.3) is 11.8 Å². The zero-order valence-electron chi connectivity index (χ0n) is 12.7. The second-order valence-corrected chi connectivity index (χ2v) is 5.95. The SMILES string of the molecule is O=C(NNC(=O)c1ccccc1F)c1ccc(-n2cc(Br)cn2)cc1. The van der Waals surface area contributed by atoms with Crippen LogP contribution in [0.1, 0.15) is 20.7 Å². The van der Waals surface area contributed by atoms with Gasteiger partial charge in [0.15, 0.2) is 0 Å². The van der Waals surface area contributed by atoms with Gasteiger partial charge in [-0.1, -0.05) is 12.1 Å². The van der Waals surface area contributed by atoms with Crippen LogP contribution in [0.4, 0.5) is 4.39 Å². The van der Waals surface area contributed by atoms with Crippen molar-refractivity contribution in [3.63, 3.8) is 0 Å². The Labute approximate surface area is 150 Å². The topological polar surface area (TPSA) is 76.0 Å². The van der Waals surface area contributed by atoms with Crippen LogP contribution in [-0.2, 0) is 0 Å². The van der Waals surface area contributed by atoms with Crippen molar-refractivity contribution in [2.24, 2.45) is 0 Å². The predicted molar refractivity (Wildman–Crippen MR) is 92.6 cm³/mol. The fourth-order valence-corrected chi connectivity index (χ4v) is 2.39. The molecule has 0 spiro atoms. The fourth-order valence-electron chi connectivity index (χ4n) is 2.11. The smallest absolute Gasteiger partial charge is 0.267 e. The Morgan fingerprint density at radius 1 is 1.00 bits per heavy atom. The monoisotopic (exact) mass is 402 g/mol. The highest BCUT2D eigenvalue weighted by Gasteiger charge is 2.12. The quantitative estimate of drug-likeness (QED) is 0.661. The molecule has 0 aliphatic heterocycles. The second kappa shape index (κ2) is 7.27. The van der Waals surface area contributed by atoms with Crippen LogP contribution in [-0.4, -0.2) is 21.6 Å². The van der Waals surface area contributed by atoms with Crippen molar-refractivity contribution in [2.45, 2.75) is 0 Å². The highest BCUT2D eigenvalue weighted by atomic mass is 79.9. The van der Waals surface area contributed by atoms with Gasteiger partial charge in [-0.25, -0.2) is 9.07 Å². The number of rotatable bonds is 3. The standard InChI is InChI=1S/C17H12BrFN4O2/c18-12-9-20-23(10-12)13-7-5-11(6-8-13)16(24)21-22-17(25)14-3-1-2-4-15(14)19/h1-10H,(H,21,24)(H,22,25). The zero-order chi connectivity index (χ0) is 17.8. The van der Waals surface area contributed by atoms with Crippen LogP contribution >= 0.6 is 15.9 Å². The van der Waals surface area contributed by atoms with Gasteiger partial charge in [0, 0.05) is 11.8 Å². The number of benzene rings is 2. The van der Waals surface area contributed by atoms with Crippen LogP contribution in [0.5, 0.6) is 0 Å². The molecule has 1 heterocycles. The Morgan fingerprint density at radius 3 is 2.32 bits per heavy atom. The molecule has 0 saturated heterocycles. The van der Waals surface area contributed by atoms with E-state index in [1.807, 2.05) is 0 Å². The van der Waals surface area contributed by atoms with Gasteiger partial charge >= 0.3 is 0 Å². The minimum atomic E-state index is -0.732. The van der Waals surface area contributed by atoms with Crippen molar-refractivity contribution in [2.75, 3.05) is 0 Å². The summed E-state index contributed by atoms with van der Waals surface area (Å²) in [5.74, 6) is -1.91. The molecule has 0 unspecified atom stereocenters. The summed E-state index contributed by atoms with van der Waals surface area (Å²) in [5.41, 5.74) is 5.40. The summed E-state index contributed by atoms with van der Waals surface area (Å²) in [6.45, 7) is 0. The van der Waals surface area contributed by atoms with Crippen LogP contribution in [0.2, 0.25) is 0 Å². The van der Waals surface area contributed by atoms with E-state index in [-0.39, 0.29) is 5.56 Å². The summed E-state index contributed by atoms with van der Waals surface area (Å²) in [6, 6.07) is 12.1. The van der Waals surface area contributed by atoms with Gasteiger partial charge in [-0.05, 0) is 52.3 Å². The van der Waals surface area contributed by atoms with Gasteiger partial charge in [0.1, 0.15) is 5.82 Å². The first-order valence-corrected chi connectivity index (χ1v) is 8.00. The maximum atomic E-state index is 13.5. The Kier molecular flexibility index (Phi) is 4.90. The molecule has 8 heteroatoms. The number of nitrogens with one attached hydrogen (secondary N) is 2. The van der Waals surface area contributed by atoms with Crippen molar-refractivity contribution < 1.29 is 14.0 Å². The third-order valence-corrected chi connectivity index (χ3v) is 3.76. The number of nitrogens with zero attached hydrogens (tertiary/aromatic N) is 2. The summed E-state index contributed by atoms with van der Waals surface area (Å²) in [7, 11) is 0. The molecule has 6 nitrogen and oxygen atoms in total. The van der Waals surface area contributed by atoms with E-state index >= 15 is 0 Å². The lowest BCUT2D eigenvalue weighted by Crippen LogP contribution is -2.41. The number of carbonyl (C=O) groups is 2. The van der Waals surface area contributed by atoms with Gasteiger partial charge in [-0.15, -0.1) is 0 Å². The molecule has 0 atom stereocenters. The van der Waals surface area contributed by atoms with E-state index < -0.39 is 17.6 Å². The van der Waals surface area contributed by atoms with Gasteiger partial charge in [-0.3, -0.25) is 20.4 Å². The van der Waals surface area contributed by atoms with Crippen LogP contribution in [0.25, 0.3) is 5.69 Å². The van der Waals surface area contributed by atoms with E-state index in [9.17, 15) is 14.0 Å². The molecular formula is C17H12BrFN4O2. The molecule has 0 aliphatic carbocycles. The zero-order valence-corrected chi connectivity index (χ0v) is 14.3. The molecule has 3 aromatic rings. The molecule has 0 bridgehead atoms. The average molecular weight is 403 g/mol. The minimum absolute atomic E-state index is 0.151. The van der Waals surface area contributed by atoms with E-state index in [2.05, 4.69) is 31.9 Å². The third kappa shape index (κ3) is 3.92. The van der Waals surface area contributed by atoms with E-state index in [0.717, 1.165) is 10.2 Å². The molecule has 25 heavy (non-hydrogen) atoms. The first-order valence-electron chi connectivity index (χ1n) is 7.20.